The quantitative estimate of drug-likeness (QED) is 0.777. The fourth-order valence-electron chi connectivity index (χ4n) is 2.51. The van der Waals surface area contributed by atoms with Crippen LogP contribution in [-0.4, -0.2) is 27.5 Å². The molecule has 1 aromatic carbocycles. The number of benzene rings is 1. The van der Waals surface area contributed by atoms with Gasteiger partial charge >= 0.3 is 0 Å². The Kier molecular flexibility index (Phi) is 3.85. The molecule has 1 aliphatic heterocycles. The summed E-state index contributed by atoms with van der Waals surface area (Å²) < 4.78 is 32.5. The monoisotopic (exact) mass is 360 g/mol. The lowest BCUT2D eigenvalue weighted by Crippen LogP contribution is -2.29. The van der Waals surface area contributed by atoms with Gasteiger partial charge in [0.2, 0.25) is 0 Å². The molecule has 9 heteroatoms. The average Bonchev–Trinajstić information content (AvgIpc) is 3.23. The van der Waals surface area contributed by atoms with Crippen LogP contribution in [0.5, 0.6) is 5.75 Å². The number of carbonyl (C=O) groups is 1. The summed E-state index contributed by atoms with van der Waals surface area (Å²) in [7, 11) is 0. The van der Waals surface area contributed by atoms with E-state index < -0.39 is 23.6 Å². The summed E-state index contributed by atoms with van der Waals surface area (Å²) in [4.78, 5) is 25.0. The largest absolute Gasteiger partial charge is 0.490 e. The number of nitrogens with zero attached hydrogens (tertiary/aromatic N) is 3. The molecule has 126 valence electrons. The molecular weight excluding hydrogens is 350 g/mol. The maximum absolute atomic E-state index is 14.0. The van der Waals surface area contributed by atoms with E-state index in [-0.39, 0.29) is 17.9 Å². The van der Waals surface area contributed by atoms with Crippen molar-refractivity contribution in [1.82, 2.24) is 20.3 Å². The third-order valence-corrected chi connectivity index (χ3v) is 4.59. The number of aromatic nitrogens is 3. The molecule has 0 aliphatic carbocycles. The maximum atomic E-state index is 14.0. The van der Waals surface area contributed by atoms with E-state index in [1.807, 2.05) is 0 Å². The van der Waals surface area contributed by atoms with Gasteiger partial charge in [-0.15, -0.1) is 11.3 Å². The topological polar surface area (TPSA) is 77.0 Å². The second kappa shape index (κ2) is 6.17. The maximum Gasteiger partial charge on any atom is 0.263 e. The number of fused-ring (bicyclic) bond motifs is 1. The summed E-state index contributed by atoms with van der Waals surface area (Å²) in [6.45, 7) is 0.0366. The van der Waals surface area contributed by atoms with Gasteiger partial charge in [0.1, 0.15) is 28.9 Å². The molecule has 0 radical (unpaired) electrons. The number of hydrogen-bond donors (Lipinski definition) is 1. The van der Waals surface area contributed by atoms with Crippen LogP contribution in [0.2, 0.25) is 0 Å². The van der Waals surface area contributed by atoms with Gasteiger partial charge < -0.3 is 10.1 Å². The number of nitrogens with one attached hydrogen (secondary N) is 1. The minimum absolute atomic E-state index is 0.0366. The van der Waals surface area contributed by atoms with Gasteiger partial charge in [-0.2, -0.15) is 0 Å². The smallest absolute Gasteiger partial charge is 0.263 e. The summed E-state index contributed by atoms with van der Waals surface area (Å²) >= 11 is 1.12. The number of hydrogen-bond acceptors (Lipinski definition) is 6. The zero-order valence-corrected chi connectivity index (χ0v) is 13.4. The van der Waals surface area contributed by atoms with Gasteiger partial charge in [0.05, 0.1) is 17.8 Å². The Balaban J connectivity index is 1.54. The van der Waals surface area contributed by atoms with E-state index in [4.69, 9.17) is 4.74 Å². The number of halogens is 2. The van der Waals surface area contributed by atoms with Crippen LogP contribution in [0, 0.1) is 11.6 Å². The summed E-state index contributed by atoms with van der Waals surface area (Å²) in [6, 6.07) is 2.85. The zero-order chi connectivity index (χ0) is 17.4. The van der Waals surface area contributed by atoms with Gasteiger partial charge in [-0.1, -0.05) is 0 Å². The summed E-state index contributed by atoms with van der Waals surface area (Å²) in [6.07, 6.45) is 4.57. The summed E-state index contributed by atoms with van der Waals surface area (Å²) in [5.74, 6) is -1.38. The summed E-state index contributed by atoms with van der Waals surface area (Å²) in [5, 5.41) is 3.18. The zero-order valence-electron chi connectivity index (χ0n) is 12.6. The van der Waals surface area contributed by atoms with Crippen molar-refractivity contribution in [3.8, 4) is 16.6 Å². The fourth-order valence-corrected chi connectivity index (χ4v) is 3.28. The van der Waals surface area contributed by atoms with Crippen LogP contribution in [0.1, 0.15) is 21.3 Å². The Labute approximate surface area is 144 Å². The van der Waals surface area contributed by atoms with Crippen molar-refractivity contribution < 1.29 is 18.3 Å². The molecule has 0 spiro atoms. The molecule has 1 aliphatic rings. The van der Waals surface area contributed by atoms with E-state index in [9.17, 15) is 13.6 Å². The van der Waals surface area contributed by atoms with E-state index in [1.54, 1.807) is 18.5 Å². The molecule has 25 heavy (non-hydrogen) atoms. The Hall–Kier alpha value is -2.94. The van der Waals surface area contributed by atoms with Crippen molar-refractivity contribution in [1.29, 1.82) is 0 Å². The third-order valence-electron chi connectivity index (χ3n) is 3.60. The molecule has 0 saturated heterocycles. The Morgan fingerprint density at radius 2 is 2.04 bits per heavy atom. The number of ether oxygens (including phenoxy) is 1. The van der Waals surface area contributed by atoms with E-state index in [2.05, 4.69) is 20.3 Å². The van der Waals surface area contributed by atoms with Crippen molar-refractivity contribution in [3.63, 3.8) is 0 Å². The number of rotatable bonds is 3. The second-order valence-electron chi connectivity index (χ2n) is 5.24. The van der Waals surface area contributed by atoms with Gasteiger partial charge in [-0.25, -0.2) is 23.7 Å². The van der Waals surface area contributed by atoms with Crippen LogP contribution in [-0.2, 0) is 0 Å². The SMILES string of the molecule is O=C(NC1COc2cc(F)cc(F)c21)c1cnc(-c2ncccn2)s1. The highest BCUT2D eigenvalue weighted by molar-refractivity contribution is 7.16. The summed E-state index contributed by atoms with van der Waals surface area (Å²) in [5.41, 5.74) is 0.144. The molecule has 0 bridgehead atoms. The lowest BCUT2D eigenvalue weighted by Gasteiger charge is -2.11. The predicted molar refractivity (Wildman–Crippen MR) is 85.2 cm³/mol. The fraction of sp³-hybridized carbons (Fsp3) is 0.125. The molecule has 3 aromatic rings. The lowest BCUT2D eigenvalue weighted by atomic mass is 10.1. The molecule has 1 N–H and O–H groups in total. The van der Waals surface area contributed by atoms with Crippen LogP contribution in [0.25, 0.3) is 10.8 Å². The Bertz CT molecular complexity index is 949. The van der Waals surface area contributed by atoms with Gasteiger partial charge in [-0.05, 0) is 6.07 Å². The standard InChI is InChI=1S/C16H10F2N4O2S/c17-8-4-9(18)13-10(7-24-11(13)5-8)22-15(23)12-6-21-16(25-12)14-19-2-1-3-20-14/h1-6,10H,7H2,(H,22,23). The van der Waals surface area contributed by atoms with E-state index in [0.29, 0.717) is 15.7 Å². The molecule has 4 rings (SSSR count). The first-order valence-corrected chi connectivity index (χ1v) is 8.09. The first kappa shape index (κ1) is 15.6. The van der Waals surface area contributed by atoms with Crippen LogP contribution in [0.3, 0.4) is 0 Å². The first-order chi connectivity index (χ1) is 12.1. The molecule has 0 saturated carbocycles. The molecule has 0 fully saturated rings. The Morgan fingerprint density at radius 1 is 1.24 bits per heavy atom. The normalized spacial score (nSPS) is 15.5. The predicted octanol–water partition coefficient (Wildman–Crippen LogP) is 2.74. The Morgan fingerprint density at radius 3 is 2.84 bits per heavy atom. The van der Waals surface area contributed by atoms with Crippen LogP contribution in [0.15, 0.2) is 36.8 Å². The second-order valence-corrected chi connectivity index (χ2v) is 6.27. The molecule has 2 aromatic heterocycles. The van der Waals surface area contributed by atoms with Crippen molar-refractivity contribution in [3.05, 3.63) is 58.9 Å². The molecule has 1 atom stereocenters. The van der Waals surface area contributed by atoms with Gasteiger partial charge in [0.25, 0.3) is 5.91 Å². The van der Waals surface area contributed by atoms with Crippen LogP contribution in [0.4, 0.5) is 8.78 Å². The number of thiazole rings is 1. The first-order valence-electron chi connectivity index (χ1n) is 7.27. The van der Waals surface area contributed by atoms with Gasteiger partial charge in [-0.3, -0.25) is 4.79 Å². The molecular formula is C16H10F2N4O2S. The minimum Gasteiger partial charge on any atom is -0.490 e. The molecule has 3 heterocycles. The van der Waals surface area contributed by atoms with Gasteiger partial charge in [0, 0.05) is 24.5 Å². The van der Waals surface area contributed by atoms with Crippen molar-refractivity contribution in [2.24, 2.45) is 0 Å². The van der Waals surface area contributed by atoms with Gasteiger partial charge in [0.15, 0.2) is 10.8 Å². The van der Waals surface area contributed by atoms with Crippen molar-refractivity contribution in [2.75, 3.05) is 6.61 Å². The average molecular weight is 360 g/mol. The highest BCUT2D eigenvalue weighted by Crippen LogP contribution is 2.35. The van der Waals surface area contributed by atoms with Crippen molar-refractivity contribution in [2.45, 2.75) is 6.04 Å². The molecule has 1 unspecified atom stereocenters. The van der Waals surface area contributed by atoms with E-state index in [0.717, 1.165) is 23.5 Å². The van der Waals surface area contributed by atoms with Crippen LogP contribution >= 0.6 is 11.3 Å². The third kappa shape index (κ3) is 2.93. The molecule has 6 nitrogen and oxygen atoms in total. The van der Waals surface area contributed by atoms with Crippen molar-refractivity contribution >= 4 is 17.2 Å². The highest BCUT2D eigenvalue weighted by atomic mass is 32.1. The van der Waals surface area contributed by atoms with Crippen LogP contribution < -0.4 is 10.1 Å². The lowest BCUT2D eigenvalue weighted by molar-refractivity contribution is 0.0934. The number of amides is 1. The minimum atomic E-state index is -0.750. The van der Waals surface area contributed by atoms with E-state index >= 15 is 0 Å². The molecule has 1 amide bonds. The van der Waals surface area contributed by atoms with E-state index in [1.165, 1.54) is 6.20 Å². The highest BCUT2D eigenvalue weighted by Gasteiger charge is 2.30. The number of carbonyl (C=O) groups excluding carboxylic acids is 1.